The maximum atomic E-state index is 10.2. The lowest BCUT2D eigenvalue weighted by atomic mass is 9.88. The molecule has 1 atom stereocenters. The van der Waals surface area contributed by atoms with Crippen molar-refractivity contribution in [3.63, 3.8) is 0 Å². The van der Waals surface area contributed by atoms with Gasteiger partial charge < -0.3 is 15.9 Å². The van der Waals surface area contributed by atoms with Crippen LogP contribution < -0.4 is 5.73 Å². The van der Waals surface area contributed by atoms with Crippen LogP contribution in [0.4, 0.5) is 0 Å². The molecule has 0 aliphatic rings. The highest BCUT2D eigenvalue weighted by molar-refractivity contribution is 5.74. The largest absolute Gasteiger partial charge is 0.481 e. The molecule has 0 saturated carbocycles. The van der Waals surface area contributed by atoms with Crippen LogP contribution in [0.25, 0.3) is 0 Å². The van der Waals surface area contributed by atoms with Crippen molar-refractivity contribution in [1.82, 2.24) is 0 Å². The summed E-state index contributed by atoms with van der Waals surface area (Å²) in [6.45, 7) is 6.48. The van der Waals surface area contributed by atoms with Gasteiger partial charge in [0, 0.05) is 6.92 Å². The first-order chi connectivity index (χ1) is 5.59. The molecule has 0 aliphatic heterocycles. The molecule has 0 radical (unpaired) electrons. The Morgan fingerprint density at radius 1 is 1.23 bits per heavy atom. The highest BCUT2D eigenvalue weighted by atomic mass is 16.4. The Labute approximate surface area is 77.6 Å². The Balaban J connectivity index is 0. The van der Waals surface area contributed by atoms with Gasteiger partial charge in [-0.1, -0.05) is 20.8 Å². The second kappa shape index (κ2) is 5.53. The average Bonchev–Trinajstić information content (AvgIpc) is 1.82. The standard InChI is InChI=1S/C6H13NO2.C2H4O2/c1-6(2,3)4(7)5(8)9;1-2(3)4/h4H,7H2,1-3H3,(H,8,9);1H3,(H,3,4). The number of hydrogen-bond acceptors (Lipinski definition) is 3. The van der Waals surface area contributed by atoms with Crippen LogP contribution in [0.15, 0.2) is 0 Å². The van der Waals surface area contributed by atoms with Gasteiger partial charge in [0.25, 0.3) is 5.97 Å². The number of hydrogen-bond donors (Lipinski definition) is 3. The Bertz CT molecular complexity index is 179. The topological polar surface area (TPSA) is 101 Å². The van der Waals surface area contributed by atoms with Crippen LogP contribution in [0.3, 0.4) is 0 Å². The number of carboxylic acids is 2. The molecule has 0 bridgehead atoms. The van der Waals surface area contributed by atoms with E-state index in [1.165, 1.54) is 0 Å². The van der Waals surface area contributed by atoms with Gasteiger partial charge in [0.15, 0.2) is 0 Å². The van der Waals surface area contributed by atoms with E-state index < -0.39 is 18.0 Å². The Morgan fingerprint density at radius 3 is 1.46 bits per heavy atom. The first-order valence-electron chi connectivity index (χ1n) is 3.77. The minimum atomic E-state index is -0.942. The summed E-state index contributed by atoms with van der Waals surface area (Å²) in [5.74, 6) is -1.78. The summed E-state index contributed by atoms with van der Waals surface area (Å²) in [5.41, 5.74) is 4.95. The van der Waals surface area contributed by atoms with Gasteiger partial charge in [0.05, 0.1) is 0 Å². The Morgan fingerprint density at radius 2 is 1.46 bits per heavy atom. The van der Waals surface area contributed by atoms with Gasteiger partial charge >= 0.3 is 5.97 Å². The molecule has 78 valence electrons. The molecular weight excluding hydrogens is 174 g/mol. The third-order valence-electron chi connectivity index (χ3n) is 1.20. The van der Waals surface area contributed by atoms with Crippen LogP contribution in [0.1, 0.15) is 27.7 Å². The molecule has 5 nitrogen and oxygen atoms in total. The highest BCUT2D eigenvalue weighted by Gasteiger charge is 2.26. The van der Waals surface area contributed by atoms with E-state index in [4.69, 9.17) is 20.7 Å². The van der Waals surface area contributed by atoms with Gasteiger partial charge in [0.1, 0.15) is 6.04 Å². The fraction of sp³-hybridized carbons (Fsp3) is 0.750. The van der Waals surface area contributed by atoms with E-state index in [0.29, 0.717) is 0 Å². The minimum Gasteiger partial charge on any atom is -0.481 e. The Hall–Kier alpha value is -1.10. The van der Waals surface area contributed by atoms with E-state index in [2.05, 4.69) is 0 Å². The van der Waals surface area contributed by atoms with Gasteiger partial charge in [-0.15, -0.1) is 0 Å². The highest BCUT2D eigenvalue weighted by Crippen LogP contribution is 2.16. The van der Waals surface area contributed by atoms with Crippen LogP contribution in [-0.4, -0.2) is 28.2 Å². The molecule has 0 heterocycles. The number of rotatable bonds is 1. The van der Waals surface area contributed by atoms with Crippen LogP contribution in [0.5, 0.6) is 0 Å². The molecule has 0 aromatic heterocycles. The molecule has 1 unspecified atom stereocenters. The van der Waals surface area contributed by atoms with Crippen molar-refractivity contribution in [3.05, 3.63) is 0 Å². The molecule has 0 rings (SSSR count). The lowest BCUT2D eigenvalue weighted by Gasteiger charge is -2.22. The lowest BCUT2D eigenvalue weighted by molar-refractivity contribution is -0.141. The molecule has 13 heavy (non-hydrogen) atoms. The van der Waals surface area contributed by atoms with Crippen molar-refractivity contribution in [2.75, 3.05) is 0 Å². The quantitative estimate of drug-likeness (QED) is 0.561. The van der Waals surface area contributed by atoms with Gasteiger partial charge in [0.2, 0.25) is 0 Å². The second-order valence-corrected chi connectivity index (χ2v) is 3.70. The SMILES string of the molecule is CC(=O)O.CC(C)(C)C(N)C(=O)O. The Kier molecular flexibility index (Phi) is 6.14. The molecule has 4 N–H and O–H groups in total. The second-order valence-electron chi connectivity index (χ2n) is 3.70. The maximum Gasteiger partial charge on any atom is 0.321 e. The predicted molar refractivity (Wildman–Crippen MR) is 48.4 cm³/mol. The number of aliphatic carboxylic acids is 2. The van der Waals surface area contributed by atoms with Crippen molar-refractivity contribution >= 4 is 11.9 Å². The van der Waals surface area contributed by atoms with Gasteiger partial charge in [-0.25, -0.2) is 0 Å². The fourth-order valence-corrected chi connectivity index (χ4v) is 0.370. The van der Waals surface area contributed by atoms with Crippen LogP contribution in [0, 0.1) is 5.41 Å². The zero-order valence-corrected chi connectivity index (χ0v) is 8.37. The van der Waals surface area contributed by atoms with Crippen molar-refractivity contribution in [1.29, 1.82) is 0 Å². The molecule has 0 aromatic carbocycles. The van der Waals surface area contributed by atoms with E-state index in [9.17, 15) is 4.79 Å². The molecule has 0 fully saturated rings. The number of carbonyl (C=O) groups is 2. The molecule has 0 spiro atoms. The molecule has 0 amide bonds. The van der Waals surface area contributed by atoms with Crippen LogP contribution in [-0.2, 0) is 9.59 Å². The van der Waals surface area contributed by atoms with Gasteiger partial charge in [-0.2, -0.15) is 0 Å². The summed E-state index contributed by atoms with van der Waals surface area (Å²) in [7, 11) is 0. The predicted octanol–water partition coefficient (Wildman–Crippen LogP) is 0.535. The smallest absolute Gasteiger partial charge is 0.321 e. The summed E-state index contributed by atoms with van der Waals surface area (Å²) < 4.78 is 0. The lowest BCUT2D eigenvalue weighted by Crippen LogP contribution is -2.41. The van der Waals surface area contributed by atoms with Crippen molar-refractivity contribution in [2.24, 2.45) is 11.1 Å². The third-order valence-corrected chi connectivity index (χ3v) is 1.20. The van der Waals surface area contributed by atoms with E-state index in [1.807, 2.05) is 0 Å². The van der Waals surface area contributed by atoms with Crippen LogP contribution in [0.2, 0.25) is 0 Å². The zero-order valence-electron chi connectivity index (χ0n) is 8.37. The minimum absolute atomic E-state index is 0.341. The van der Waals surface area contributed by atoms with E-state index >= 15 is 0 Å². The molecule has 0 saturated heterocycles. The first-order valence-corrected chi connectivity index (χ1v) is 3.77. The monoisotopic (exact) mass is 191 g/mol. The van der Waals surface area contributed by atoms with Crippen molar-refractivity contribution in [3.8, 4) is 0 Å². The van der Waals surface area contributed by atoms with E-state index in [-0.39, 0.29) is 5.41 Å². The summed E-state index contributed by atoms with van der Waals surface area (Å²) in [6, 6.07) is -0.766. The van der Waals surface area contributed by atoms with E-state index in [0.717, 1.165) is 6.92 Å². The summed E-state index contributed by atoms with van der Waals surface area (Å²) >= 11 is 0. The third kappa shape index (κ3) is 10.9. The average molecular weight is 191 g/mol. The van der Waals surface area contributed by atoms with Gasteiger partial charge in [-0.05, 0) is 5.41 Å². The summed E-state index contributed by atoms with van der Waals surface area (Å²) in [4.78, 5) is 19.2. The number of nitrogens with two attached hydrogens (primary N) is 1. The van der Waals surface area contributed by atoms with Gasteiger partial charge in [-0.3, -0.25) is 9.59 Å². The van der Waals surface area contributed by atoms with E-state index in [1.54, 1.807) is 20.8 Å². The fourth-order valence-electron chi connectivity index (χ4n) is 0.370. The molecule has 0 aliphatic carbocycles. The van der Waals surface area contributed by atoms with Crippen molar-refractivity contribution < 1.29 is 19.8 Å². The summed E-state index contributed by atoms with van der Waals surface area (Å²) in [5, 5.41) is 15.8. The van der Waals surface area contributed by atoms with Crippen molar-refractivity contribution in [2.45, 2.75) is 33.7 Å². The summed E-state index contributed by atoms with van der Waals surface area (Å²) in [6.07, 6.45) is 0. The maximum absolute atomic E-state index is 10.2. The van der Waals surface area contributed by atoms with Crippen LogP contribution >= 0.6 is 0 Å². The molecule has 0 aromatic rings. The zero-order chi connectivity index (χ0) is 11.2. The normalized spacial score (nSPS) is 12.4. The number of carboxylic acid groups (broad SMARTS) is 2. The molecule has 5 heteroatoms. The molecular formula is C8H17NO4. The first kappa shape index (κ1) is 14.4.